The molecule has 0 spiro atoms. The van der Waals surface area contributed by atoms with Gasteiger partial charge >= 0.3 is 5.97 Å². The predicted octanol–water partition coefficient (Wildman–Crippen LogP) is 4.70. The molecular weight excluding hydrogens is 328 g/mol. The summed E-state index contributed by atoms with van der Waals surface area (Å²) in [6.45, 7) is 0.226. The number of hydrogen-bond donors (Lipinski definition) is 0. The second-order valence-corrected chi connectivity index (χ2v) is 5.76. The Morgan fingerprint density at radius 1 is 0.846 bits per heavy atom. The van der Waals surface area contributed by atoms with Crippen molar-refractivity contribution in [2.45, 2.75) is 0 Å². The van der Waals surface area contributed by atoms with Gasteiger partial charge in [-0.05, 0) is 47.0 Å². The summed E-state index contributed by atoms with van der Waals surface area (Å²) in [7, 11) is 0. The molecule has 0 atom stereocenters. The number of hydrogen-bond acceptors (Lipinski definition) is 4. The smallest absolute Gasteiger partial charge is 0.336 e. The molecule has 0 aromatic heterocycles. The molecule has 0 unspecified atom stereocenters. The highest BCUT2D eigenvalue weighted by atomic mass is 16.7. The van der Waals surface area contributed by atoms with Gasteiger partial charge in [0.15, 0.2) is 11.5 Å². The zero-order valence-electron chi connectivity index (χ0n) is 13.9. The first kappa shape index (κ1) is 16.0. The monoisotopic (exact) mass is 344 g/mol. The van der Waals surface area contributed by atoms with E-state index in [1.165, 1.54) is 6.08 Å². The highest BCUT2D eigenvalue weighted by Crippen LogP contribution is 2.32. The zero-order valence-corrected chi connectivity index (χ0v) is 13.9. The lowest BCUT2D eigenvalue weighted by atomic mass is 10.1. The summed E-state index contributed by atoms with van der Waals surface area (Å²) in [5.74, 6) is 1.46. The van der Waals surface area contributed by atoms with Gasteiger partial charge in [-0.3, -0.25) is 0 Å². The highest BCUT2D eigenvalue weighted by Gasteiger charge is 2.12. The van der Waals surface area contributed by atoms with Crippen LogP contribution in [0.4, 0.5) is 0 Å². The molecule has 4 rings (SSSR count). The molecule has 0 bridgehead atoms. The van der Waals surface area contributed by atoms with Crippen LogP contribution < -0.4 is 14.2 Å². The number of carbonyl (C=O) groups is 1. The third-order valence-electron chi connectivity index (χ3n) is 3.99. The molecule has 0 amide bonds. The summed E-state index contributed by atoms with van der Waals surface area (Å²) < 4.78 is 15.9. The fourth-order valence-corrected chi connectivity index (χ4v) is 2.68. The van der Waals surface area contributed by atoms with Gasteiger partial charge in [0.05, 0.1) is 0 Å². The minimum Gasteiger partial charge on any atom is -0.454 e. The maximum Gasteiger partial charge on any atom is 0.336 e. The van der Waals surface area contributed by atoms with E-state index >= 15 is 0 Å². The van der Waals surface area contributed by atoms with E-state index in [2.05, 4.69) is 0 Å². The van der Waals surface area contributed by atoms with Crippen LogP contribution in [0.1, 0.15) is 5.56 Å². The number of ether oxygens (including phenoxy) is 3. The van der Waals surface area contributed by atoms with Crippen molar-refractivity contribution in [2.75, 3.05) is 6.79 Å². The van der Waals surface area contributed by atoms with Crippen LogP contribution in [-0.4, -0.2) is 12.8 Å². The summed E-state index contributed by atoms with van der Waals surface area (Å²) in [6, 6.07) is 23.0. The Morgan fingerprint density at radius 2 is 1.58 bits per heavy atom. The van der Waals surface area contributed by atoms with E-state index in [0.717, 1.165) is 16.7 Å². The molecule has 0 saturated heterocycles. The Bertz CT molecular complexity index is 944. The number of carbonyl (C=O) groups excluding carboxylic acids is 1. The molecule has 3 aromatic rings. The van der Waals surface area contributed by atoms with Crippen molar-refractivity contribution in [1.82, 2.24) is 0 Å². The first-order chi connectivity index (χ1) is 12.8. The van der Waals surface area contributed by atoms with Crippen LogP contribution in [-0.2, 0) is 4.79 Å². The third-order valence-corrected chi connectivity index (χ3v) is 3.99. The highest BCUT2D eigenvalue weighted by molar-refractivity contribution is 5.89. The van der Waals surface area contributed by atoms with E-state index in [1.807, 2.05) is 60.7 Å². The number of fused-ring (bicyclic) bond motifs is 1. The number of esters is 1. The lowest BCUT2D eigenvalue weighted by Gasteiger charge is -2.04. The summed E-state index contributed by atoms with van der Waals surface area (Å²) in [5, 5.41) is 0. The molecule has 1 aliphatic rings. The van der Waals surface area contributed by atoms with Gasteiger partial charge in [-0.1, -0.05) is 48.5 Å². The van der Waals surface area contributed by atoms with Crippen molar-refractivity contribution in [3.8, 4) is 28.4 Å². The maximum absolute atomic E-state index is 12.0. The minimum atomic E-state index is -0.435. The van der Waals surface area contributed by atoms with Crippen molar-refractivity contribution >= 4 is 12.0 Å². The maximum atomic E-state index is 12.0. The second-order valence-electron chi connectivity index (χ2n) is 5.76. The molecule has 3 aromatic carbocycles. The van der Waals surface area contributed by atoms with Gasteiger partial charge in [-0.25, -0.2) is 4.79 Å². The lowest BCUT2D eigenvalue weighted by molar-refractivity contribution is -0.128. The van der Waals surface area contributed by atoms with E-state index in [-0.39, 0.29) is 6.79 Å². The van der Waals surface area contributed by atoms with E-state index in [1.54, 1.807) is 18.2 Å². The molecule has 1 aliphatic heterocycles. The standard InChI is InChI=1S/C22H16O4/c23-22(13-7-16-6-12-20-21(14-16)25-15-24-20)26-19-10-8-18(9-11-19)17-4-2-1-3-5-17/h1-14H,15H2/b13-7+. The van der Waals surface area contributed by atoms with Crippen LogP contribution in [0.2, 0.25) is 0 Å². The molecule has 128 valence electrons. The van der Waals surface area contributed by atoms with Gasteiger partial charge in [-0.15, -0.1) is 0 Å². The SMILES string of the molecule is O=C(/C=C/c1ccc2c(c1)OCO2)Oc1ccc(-c2ccccc2)cc1. The first-order valence-corrected chi connectivity index (χ1v) is 8.23. The van der Waals surface area contributed by atoms with E-state index in [9.17, 15) is 4.79 Å². The largest absolute Gasteiger partial charge is 0.454 e. The van der Waals surface area contributed by atoms with Gasteiger partial charge in [0.1, 0.15) is 5.75 Å². The minimum absolute atomic E-state index is 0.226. The number of benzene rings is 3. The van der Waals surface area contributed by atoms with Gasteiger partial charge in [0.2, 0.25) is 6.79 Å². The van der Waals surface area contributed by atoms with Crippen molar-refractivity contribution in [2.24, 2.45) is 0 Å². The third kappa shape index (κ3) is 3.59. The Kier molecular flexibility index (Phi) is 4.39. The van der Waals surface area contributed by atoms with Crippen molar-refractivity contribution in [3.63, 3.8) is 0 Å². The van der Waals surface area contributed by atoms with Gasteiger partial charge in [-0.2, -0.15) is 0 Å². The molecule has 0 saturated carbocycles. The van der Waals surface area contributed by atoms with Crippen LogP contribution in [0.25, 0.3) is 17.2 Å². The fraction of sp³-hybridized carbons (Fsp3) is 0.0455. The number of rotatable bonds is 4. The van der Waals surface area contributed by atoms with Crippen LogP contribution in [0, 0.1) is 0 Å². The molecule has 0 N–H and O–H groups in total. The average molecular weight is 344 g/mol. The quantitative estimate of drug-likeness (QED) is 0.391. The fourth-order valence-electron chi connectivity index (χ4n) is 2.68. The summed E-state index contributed by atoms with van der Waals surface area (Å²) in [4.78, 5) is 12.0. The topological polar surface area (TPSA) is 44.8 Å². The Morgan fingerprint density at radius 3 is 2.38 bits per heavy atom. The van der Waals surface area contributed by atoms with Gasteiger partial charge in [0.25, 0.3) is 0 Å². The van der Waals surface area contributed by atoms with Crippen molar-refractivity contribution in [1.29, 1.82) is 0 Å². The van der Waals surface area contributed by atoms with Crippen LogP contribution >= 0.6 is 0 Å². The van der Waals surface area contributed by atoms with Crippen molar-refractivity contribution < 1.29 is 19.0 Å². The lowest BCUT2D eigenvalue weighted by Crippen LogP contribution is -2.03. The van der Waals surface area contributed by atoms with E-state index < -0.39 is 5.97 Å². The summed E-state index contributed by atoms with van der Waals surface area (Å²) in [6.07, 6.45) is 3.07. The molecule has 0 aliphatic carbocycles. The Labute approximate surface area is 151 Å². The molecule has 0 radical (unpaired) electrons. The van der Waals surface area contributed by atoms with Crippen molar-refractivity contribution in [3.05, 3.63) is 84.4 Å². The average Bonchev–Trinajstić information content (AvgIpc) is 3.15. The van der Waals surface area contributed by atoms with E-state index in [4.69, 9.17) is 14.2 Å². The normalized spacial score (nSPS) is 12.3. The van der Waals surface area contributed by atoms with Gasteiger partial charge in [0, 0.05) is 6.08 Å². The summed E-state index contributed by atoms with van der Waals surface area (Å²) in [5.41, 5.74) is 3.03. The van der Waals surface area contributed by atoms with E-state index in [0.29, 0.717) is 17.2 Å². The van der Waals surface area contributed by atoms with Gasteiger partial charge < -0.3 is 14.2 Å². The first-order valence-electron chi connectivity index (χ1n) is 8.23. The van der Waals surface area contributed by atoms with Crippen LogP contribution in [0.5, 0.6) is 17.2 Å². The zero-order chi connectivity index (χ0) is 17.8. The molecular formula is C22H16O4. The van der Waals surface area contributed by atoms with Crippen LogP contribution in [0.15, 0.2) is 78.9 Å². The molecule has 4 heteroatoms. The summed E-state index contributed by atoms with van der Waals surface area (Å²) >= 11 is 0. The van der Waals surface area contributed by atoms with Crippen LogP contribution in [0.3, 0.4) is 0 Å². The Hall–Kier alpha value is -3.53. The molecule has 26 heavy (non-hydrogen) atoms. The Balaban J connectivity index is 1.40. The predicted molar refractivity (Wildman–Crippen MR) is 99.1 cm³/mol. The second kappa shape index (κ2) is 7.15. The molecule has 0 fully saturated rings. The molecule has 1 heterocycles. The molecule has 4 nitrogen and oxygen atoms in total.